The van der Waals surface area contributed by atoms with Crippen molar-refractivity contribution in [2.75, 3.05) is 18.4 Å². The van der Waals surface area contributed by atoms with Gasteiger partial charge in [0, 0.05) is 31.0 Å². The fourth-order valence-electron chi connectivity index (χ4n) is 4.58. The predicted octanol–water partition coefficient (Wildman–Crippen LogP) is 2.12. The van der Waals surface area contributed by atoms with Gasteiger partial charge in [-0.25, -0.2) is 4.98 Å². The third-order valence-electron chi connectivity index (χ3n) is 5.97. The first kappa shape index (κ1) is 19.0. The number of carbonyl (C=O) groups excluding carboxylic acids is 1. The number of rotatable bonds is 3. The Morgan fingerprint density at radius 1 is 1.17 bits per heavy atom. The number of aliphatic hydroxyl groups excluding tert-OH is 1. The van der Waals surface area contributed by atoms with Crippen LogP contribution in [0.3, 0.4) is 0 Å². The summed E-state index contributed by atoms with van der Waals surface area (Å²) >= 11 is 0. The summed E-state index contributed by atoms with van der Waals surface area (Å²) in [6, 6.07) is 3.89. The number of hydrogen-bond donors (Lipinski definition) is 2. The van der Waals surface area contributed by atoms with Gasteiger partial charge in [-0.15, -0.1) is 8.78 Å². The summed E-state index contributed by atoms with van der Waals surface area (Å²) < 4.78 is 35.3. The number of carbonyl (C=O) groups is 1. The van der Waals surface area contributed by atoms with Crippen LogP contribution in [-0.2, 0) is 0 Å². The number of halogens is 2. The summed E-state index contributed by atoms with van der Waals surface area (Å²) in [7, 11) is 0. The number of aromatic nitrogens is 2. The molecule has 1 amide bonds. The normalized spacial score (nSPS) is 28.8. The number of ether oxygens (including phenoxy) is 2. The van der Waals surface area contributed by atoms with Gasteiger partial charge in [-0.3, -0.25) is 9.78 Å². The Morgan fingerprint density at radius 3 is 2.70 bits per heavy atom. The summed E-state index contributed by atoms with van der Waals surface area (Å²) in [6.45, 7) is 1.06. The molecule has 4 atom stereocenters. The summed E-state index contributed by atoms with van der Waals surface area (Å²) in [5, 5.41) is 13.8. The smallest absolute Gasteiger partial charge is 0.395 e. The van der Waals surface area contributed by atoms with Crippen LogP contribution in [0.5, 0.6) is 11.5 Å². The maximum Gasteiger partial charge on any atom is 0.586 e. The van der Waals surface area contributed by atoms with Crippen LogP contribution >= 0.6 is 0 Å². The zero-order valence-electron chi connectivity index (χ0n) is 15.9. The summed E-state index contributed by atoms with van der Waals surface area (Å²) in [5.74, 6) is 0.521. The molecule has 1 saturated heterocycles. The lowest BCUT2D eigenvalue weighted by atomic mass is 9.77. The second-order valence-electron chi connectivity index (χ2n) is 7.94. The van der Waals surface area contributed by atoms with Crippen LogP contribution < -0.4 is 14.8 Å². The Balaban J connectivity index is 1.26. The van der Waals surface area contributed by atoms with Crippen LogP contribution in [0.25, 0.3) is 0 Å². The number of anilines is 1. The Hall–Kier alpha value is -3.01. The zero-order valence-corrected chi connectivity index (χ0v) is 15.9. The number of likely N-dealkylation sites (tertiary alicyclic amines) is 1. The molecular weight excluding hydrogens is 398 g/mol. The Kier molecular flexibility index (Phi) is 4.46. The van der Waals surface area contributed by atoms with Gasteiger partial charge in [-0.05, 0) is 42.9 Å². The molecule has 5 rings (SSSR count). The summed E-state index contributed by atoms with van der Waals surface area (Å²) in [6.07, 6.45) is 1.75. The molecule has 2 fully saturated rings. The van der Waals surface area contributed by atoms with E-state index in [9.17, 15) is 18.7 Å². The van der Waals surface area contributed by atoms with Crippen molar-refractivity contribution in [2.24, 2.45) is 11.8 Å². The molecule has 8 nitrogen and oxygen atoms in total. The van der Waals surface area contributed by atoms with Crippen molar-refractivity contribution in [2.45, 2.75) is 31.3 Å². The van der Waals surface area contributed by atoms with Crippen molar-refractivity contribution in [1.29, 1.82) is 0 Å². The van der Waals surface area contributed by atoms with Crippen molar-refractivity contribution < 1.29 is 28.2 Å². The van der Waals surface area contributed by atoms with Crippen LogP contribution in [0.15, 0.2) is 36.8 Å². The molecule has 0 radical (unpaired) electrons. The Labute approximate surface area is 170 Å². The largest absolute Gasteiger partial charge is 0.586 e. The molecule has 1 aliphatic carbocycles. The van der Waals surface area contributed by atoms with Crippen LogP contribution in [0.1, 0.15) is 23.2 Å². The first-order valence-corrected chi connectivity index (χ1v) is 9.78. The highest BCUT2D eigenvalue weighted by Gasteiger charge is 2.45. The SMILES string of the molecule is O=C(c1ccc2c(c1)OC(F)(F)O2)N1C[C@H]2C[C@@H](Nc3cnccn3)[C@H](O)C[C@H]2C1. The van der Waals surface area contributed by atoms with Gasteiger partial charge in [0.25, 0.3) is 5.91 Å². The van der Waals surface area contributed by atoms with Gasteiger partial charge in [0.1, 0.15) is 5.82 Å². The van der Waals surface area contributed by atoms with E-state index >= 15 is 0 Å². The van der Waals surface area contributed by atoms with E-state index < -0.39 is 12.4 Å². The van der Waals surface area contributed by atoms with E-state index in [1.165, 1.54) is 18.2 Å². The van der Waals surface area contributed by atoms with E-state index in [0.717, 1.165) is 0 Å². The first-order valence-electron chi connectivity index (χ1n) is 9.78. The lowest BCUT2D eigenvalue weighted by Gasteiger charge is -2.35. The minimum absolute atomic E-state index is 0.0901. The molecule has 158 valence electrons. The lowest BCUT2D eigenvalue weighted by molar-refractivity contribution is -0.286. The summed E-state index contributed by atoms with van der Waals surface area (Å²) in [4.78, 5) is 22.9. The quantitative estimate of drug-likeness (QED) is 0.788. The molecule has 2 aromatic rings. The molecule has 1 aromatic carbocycles. The third-order valence-corrected chi connectivity index (χ3v) is 5.97. The average molecular weight is 418 g/mol. The molecule has 3 aliphatic rings. The first-order chi connectivity index (χ1) is 14.4. The molecule has 0 unspecified atom stereocenters. The minimum atomic E-state index is -3.71. The standard InChI is InChI=1S/C20H20F2N4O4/c21-20(22)29-16-2-1-11(7-17(16)30-20)19(28)26-9-12-5-14(15(27)6-13(12)10-26)25-18-8-23-3-4-24-18/h1-4,7-8,12-15,27H,5-6,9-10H2,(H,24,25)/t12-,13+,14-,15-/m1/s1. The topological polar surface area (TPSA) is 96.8 Å². The molecule has 10 heteroatoms. The van der Waals surface area contributed by atoms with Gasteiger partial charge in [0.15, 0.2) is 11.5 Å². The molecule has 30 heavy (non-hydrogen) atoms. The average Bonchev–Trinajstić information content (AvgIpc) is 3.26. The van der Waals surface area contributed by atoms with Gasteiger partial charge in [0.2, 0.25) is 0 Å². The van der Waals surface area contributed by atoms with Crippen molar-refractivity contribution in [3.8, 4) is 11.5 Å². The summed E-state index contributed by atoms with van der Waals surface area (Å²) in [5.41, 5.74) is 0.267. The van der Waals surface area contributed by atoms with E-state index in [1.54, 1.807) is 23.5 Å². The van der Waals surface area contributed by atoms with Crippen LogP contribution in [0.4, 0.5) is 14.6 Å². The number of amides is 1. The lowest BCUT2D eigenvalue weighted by Crippen LogP contribution is -2.43. The maximum atomic E-state index is 13.2. The van der Waals surface area contributed by atoms with Crippen molar-refractivity contribution >= 4 is 11.7 Å². The Bertz CT molecular complexity index is 961. The van der Waals surface area contributed by atoms with Crippen LogP contribution in [0, 0.1) is 11.8 Å². The number of nitrogens with zero attached hydrogens (tertiary/aromatic N) is 3. The molecule has 3 heterocycles. The second kappa shape index (κ2) is 7.05. The highest BCUT2D eigenvalue weighted by atomic mass is 19.3. The van der Waals surface area contributed by atoms with E-state index in [1.807, 2.05) is 0 Å². The zero-order chi connectivity index (χ0) is 20.9. The monoisotopic (exact) mass is 418 g/mol. The number of nitrogens with one attached hydrogen (secondary N) is 1. The maximum absolute atomic E-state index is 13.2. The van der Waals surface area contributed by atoms with Crippen molar-refractivity contribution in [3.05, 3.63) is 42.4 Å². The molecule has 1 saturated carbocycles. The van der Waals surface area contributed by atoms with Gasteiger partial charge in [0.05, 0.1) is 18.3 Å². The van der Waals surface area contributed by atoms with E-state index in [-0.39, 0.29) is 40.8 Å². The van der Waals surface area contributed by atoms with Gasteiger partial charge < -0.3 is 24.8 Å². The number of alkyl halides is 2. The molecule has 0 bridgehead atoms. The Morgan fingerprint density at radius 2 is 1.93 bits per heavy atom. The number of fused-ring (bicyclic) bond motifs is 2. The molecule has 2 aliphatic heterocycles. The molecular formula is C20H20F2N4O4. The number of benzene rings is 1. The van der Waals surface area contributed by atoms with Crippen molar-refractivity contribution in [1.82, 2.24) is 14.9 Å². The predicted molar refractivity (Wildman–Crippen MR) is 100 cm³/mol. The van der Waals surface area contributed by atoms with Gasteiger partial charge >= 0.3 is 6.29 Å². The number of hydrogen-bond acceptors (Lipinski definition) is 7. The fraction of sp³-hybridized carbons (Fsp3) is 0.450. The highest BCUT2D eigenvalue weighted by molar-refractivity contribution is 5.95. The molecule has 1 aromatic heterocycles. The highest BCUT2D eigenvalue weighted by Crippen LogP contribution is 2.42. The fourth-order valence-corrected chi connectivity index (χ4v) is 4.58. The van der Waals surface area contributed by atoms with Crippen molar-refractivity contribution in [3.63, 3.8) is 0 Å². The van der Waals surface area contributed by atoms with E-state index in [0.29, 0.717) is 31.7 Å². The molecule has 2 N–H and O–H groups in total. The van der Waals surface area contributed by atoms with Crippen LogP contribution in [-0.4, -0.2) is 57.4 Å². The van der Waals surface area contributed by atoms with Crippen LogP contribution in [0.2, 0.25) is 0 Å². The van der Waals surface area contributed by atoms with Gasteiger partial charge in [-0.1, -0.05) is 0 Å². The second-order valence-corrected chi connectivity index (χ2v) is 7.94. The van der Waals surface area contributed by atoms with Gasteiger partial charge in [-0.2, -0.15) is 0 Å². The van der Waals surface area contributed by atoms with E-state index in [4.69, 9.17) is 0 Å². The third kappa shape index (κ3) is 3.51. The van der Waals surface area contributed by atoms with E-state index in [2.05, 4.69) is 24.8 Å². The number of aliphatic hydroxyl groups is 1. The minimum Gasteiger partial charge on any atom is -0.395 e. The molecule has 0 spiro atoms.